The summed E-state index contributed by atoms with van der Waals surface area (Å²) in [5.41, 5.74) is 1.88. The average Bonchev–Trinajstić information content (AvgIpc) is 3.12. The highest BCUT2D eigenvalue weighted by Gasteiger charge is 2.51. The lowest BCUT2D eigenvalue weighted by molar-refractivity contribution is 0.00578. The number of aryl methyl sites for hydroxylation is 1. The molecule has 0 bridgehead atoms. The first-order valence-corrected chi connectivity index (χ1v) is 9.40. The van der Waals surface area contributed by atoms with Gasteiger partial charge in [0, 0.05) is 31.7 Å². The van der Waals surface area contributed by atoms with Gasteiger partial charge in [-0.05, 0) is 58.1 Å². The van der Waals surface area contributed by atoms with Gasteiger partial charge in [0.1, 0.15) is 0 Å². The number of carbonyl (C=O) groups excluding carboxylic acids is 1. The highest BCUT2D eigenvalue weighted by molar-refractivity contribution is 6.62. The lowest BCUT2D eigenvalue weighted by Crippen LogP contribution is -2.41. The van der Waals surface area contributed by atoms with Gasteiger partial charge < -0.3 is 18.9 Å². The molecule has 5 nitrogen and oxygen atoms in total. The number of amides is 1. The molecule has 26 heavy (non-hydrogen) atoms. The maximum atomic E-state index is 12.8. The van der Waals surface area contributed by atoms with Crippen molar-refractivity contribution in [2.75, 3.05) is 26.8 Å². The summed E-state index contributed by atoms with van der Waals surface area (Å²) < 4.78 is 17.6. The standard InChI is InChI=1S/C20H30BNO4/c1-14-11-16(21-25-19(2,3)20(4,5)26-21)7-8-17(14)18(23)22(6)12-15-9-10-24-13-15/h7-8,11,15H,9-10,12-13H2,1-6H3/t15-/m0/s1. The summed E-state index contributed by atoms with van der Waals surface area (Å²) in [6.07, 6.45) is 1.03. The molecule has 1 aromatic rings. The lowest BCUT2D eigenvalue weighted by Gasteiger charge is -2.32. The van der Waals surface area contributed by atoms with E-state index in [1.807, 2.05) is 59.9 Å². The van der Waals surface area contributed by atoms with Crippen molar-refractivity contribution in [1.29, 1.82) is 0 Å². The van der Waals surface area contributed by atoms with E-state index in [9.17, 15) is 4.79 Å². The van der Waals surface area contributed by atoms with E-state index in [2.05, 4.69) is 0 Å². The summed E-state index contributed by atoms with van der Waals surface area (Å²) in [6.45, 7) is 12.4. The minimum absolute atomic E-state index is 0.0508. The molecule has 2 fully saturated rings. The quantitative estimate of drug-likeness (QED) is 0.775. The smallest absolute Gasteiger partial charge is 0.399 e. The van der Waals surface area contributed by atoms with Crippen LogP contribution in [0.15, 0.2) is 18.2 Å². The molecule has 3 rings (SSSR count). The summed E-state index contributed by atoms with van der Waals surface area (Å²) in [4.78, 5) is 14.6. The fourth-order valence-corrected chi connectivity index (χ4v) is 3.46. The third kappa shape index (κ3) is 3.68. The topological polar surface area (TPSA) is 48.0 Å². The molecule has 2 aliphatic rings. The predicted octanol–water partition coefficient (Wildman–Crippen LogP) is 2.40. The first-order chi connectivity index (χ1) is 12.1. The van der Waals surface area contributed by atoms with Gasteiger partial charge in [0.15, 0.2) is 0 Å². The van der Waals surface area contributed by atoms with Gasteiger partial charge in [-0.1, -0.05) is 12.1 Å². The van der Waals surface area contributed by atoms with E-state index in [-0.39, 0.29) is 17.1 Å². The fourth-order valence-electron chi connectivity index (χ4n) is 3.46. The molecule has 0 saturated carbocycles. The van der Waals surface area contributed by atoms with Gasteiger partial charge in [0.05, 0.1) is 17.8 Å². The molecule has 1 aromatic carbocycles. The molecule has 1 amide bonds. The van der Waals surface area contributed by atoms with Crippen LogP contribution in [0.1, 0.15) is 50.0 Å². The summed E-state index contributed by atoms with van der Waals surface area (Å²) >= 11 is 0. The van der Waals surface area contributed by atoms with E-state index in [0.717, 1.165) is 42.8 Å². The minimum Gasteiger partial charge on any atom is -0.399 e. The second-order valence-electron chi connectivity index (χ2n) is 8.58. The fraction of sp³-hybridized carbons (Fsp3) is 0.650. The number of nitrogens with zero attached hydrogens (tertiary/aromatic N) is 1. The monoisotopic (exact) mass is 359 g/mol. The first kappa shape index (κ1) is 19.4. The second kappa shape index (κ2) is 6.99. The van der Waals surface area contributed by atoms with E-state index in [0.29, 0.717) is 5.92 Å². The number of benzene rings is 1. The number of ether oxygens (including phenoxy) is 1. The zero-order chi connectivity index (χ0) is 19.1. The van der Waals surface area contributed by atoms with Crippen LogP contribution in [0.4, 0.5) is 0 Å². The predicted molar refractivity (Wildman–Crippen MR) is 103 cm³/mol. The third-order valence-corrected chi connectivity index (χ3v) is 5.91. The molecule has 0 unspecified atom stereocenters. The zero-order valence-corrected chi connectivity index (χ0v) is 16.8. The molecule has 2 heterocycles. The zero-order valence-electron chi connectivity index (χ0n) is 16.8. The van der Waals surface area contributed by atoms with Crippen molar-refractivity contribution >= 4 is 18.5 Å². The van der Waals surface area contributed by atoms with Gasteiger partial charge in [-0.25, -0.2) is 0 Å². The molecule has 0 aliphatic carbocycles. The maximum Gasteiger partial charge on any atom is 0.494 e. The van der Waals surface area contributed by atoms with Gasteiger partial charge >= 0.3 is 7.12 Å². The van der Waals surface area contributed by atoms with Crippen LogP contribution < -0.4 is 5.46 Å². The van der Waals surface area contributed by atoms with Crippen LogP contribution >= 0.6 is 0 Å². The van der Waals surface area contributed by atoms with Crippen molar-refractivity contribution in [3.8, 4) is 0 Å². The van der Waals surface area contributed by atoms with Crippen LogP contribution in [0.5, 0.6) is 0 Å². The molecule has 1 atom stereocenters. The van der Waals surface area contributed by atoms with Gasteiger partial charge in [-0.3, -0.25) is 4.79 Å². The number of rotatable bonds is 4. The van der Waals surface area contributed by atoms with Crippen molar-refractivity contribution in [1.82, 2.24) is 4.90 Å². The normalized spacial score (nSPS) is 24.1. The second-order valence-corrected chi connectivity index (χ2v) is 8.58. The van der Waals surface area contributed by atoms with E-state index in [4.69, 9.17) is 14.0 Å². The van der Waals surface area contributed by atoms with E-state index >= 15 is 0 Å². The molecule has 2 saturated heterocycles. The number of hydrogen-bond donors (Lipinski definition) is 0. The van der Waals surface area contributed by atoms with Crippen molar-refractivity contribution in [2.24, 2.45) is 5.92 Å². The van der Waals surface area contributed by atoms with Gasteiger partial charge in [-0.2, -0.15) is 0 Å². The number of hydrogen-bond acceptors (Lipinski definition) is 4. The highest BCUT2D eigenvalue weighted by Crippen LogP contribution is 2.36. The van der Waals surface area contributed by atoms with Crippen LogP contribution in [0.2, 0.25) is 0 Å². The molecule has 0 spiro atoms. The van der Waals surface area contributed by atoms with Crippen LogP contribution in [-0.2, 0) is 14.0 Å². The van der Waals surface area contributed by atoms with Gasteiger partial charge in [-0.15, -0.1) is 0 Å². The van der Waals surface area contributed by atoms with Crippen molar-refractivity contribution < 1.29 is 18.8 Å². The SMILES string of the molecule is Cc1cc(B2OC(C)(C)C(C)(C)O2)ccc1C(=O)N(C)C[C@@H]1CCOC1. The van der Waals surface area contributed by atoms with Crippen LogP contribution in [0.3, 0.4) is 0 Å². The molecule has 0 N–H and O–H groups in total. The summed E-state index contributed by atoms with van der Waals surface area (Å²) in [5, 5.41) is 0. The lowest BCUT2D eigenvalue weighted by atomic mass is 9.78. The van der Waals surface area contributed by atoms with Crippen molar-refractivity contribution in [3.05, 3.63) is 29.3 Å². The Hall–Kier alpha value is -1.37. The average molecular weight is 359 g/mol. The Labute approximate surface area is 157 Å². The van der Waals surface area contributed by atoms with Crippen LogP contribution in [-0.4, -0.2) is 55.9 Å². The Morgan fingerprint density at radius 3 is 2.42 bits per heavy atom. The van der Waals surface area contributed by atoms with Crippen molar-refractivity contribution in [3.63, 3.8) is 0 Å². The summed E-state index contributed by atoms with van der Waals surface area (Å²) in [5.74, 6) is 0.489. The molecular formula is C20H30BNO4. The van der Waals surface area contributed by atoms with Crippen molar-refractivity contribution in [2.45, 2.75) is 52.2 Å². The molecular weight excluding hydrogens is 329 g/mol. The maximum absolute atomic E-state index is 12.8. The Balaban J connectivity index is 1.72. The highest BCUT2D eigenvalue weighted by atomic mass is 16.7. The van der Waals surface area contributed by atoms with Crippen LogP contribution in [0, 0.1) is 12.8 Å². The number of carbonyl (C=O) groups is 1. The molecule has 6 heteroatoms. The Morgan fingerprint density at radius 2 is 1.88 bits per heavy atom. The Bertz CT molecular complexity index is 666. The molecule has 2 aliphatic heterocycles. The molecule has 0 radical (unpaired) electrons. The van der Waals surface area contributed by atoms with E-state index in [1.165, 1.54) is 0 Å². The Kier molecular flexibility index (Phi) is 5.21. The van der Waals surface area contributed by atoms with Gasteiger partial charge in [0.25, 0.3) is 5.91 Å². The third-order valence-electron chi connectivity index (χ3n) is 5.91. The minimum atomic E-state index is -0.406. The van der Waals surface area contributed by atoms with Gasteiger partial charge in [0.2, 0.25) is 0 Å². The van der Waals surface area contributed by atoms with E-state index < -0.39 is 7.12 Å². The summed E-state index contributed by atoms with van der Waals surface area (Å²) in [6, 6.07) is 5.83. The summed E-state index contributed by atoms with van der Waals surface area (Å²) in [7, 11) is 1.46. The first-order valence-electron chi connectivity index (χ1n) is 9.40. The Morgan fingerprint density at radius 1 is 1.23 bits per heavy atom. The van der Waals surface area contributed by atoms with Crippen LogP contribution in [0.25, 0.3) is 0 Å². The van der Waals surface area contributed by atoms with E-state index in [1.54, 1.807) is 4.90 Å². The largest absolute Gasteiger partial charge is 0.494 e. The molecule has 142 valence electrons. The molecule has 0 aromatic heterocycles.